The molecule has 1 aromatic heterocycles. The van der Waals surface area contributed by atoms with E-state index in [0.29, 0.717) is 12.3 Å². The molecule has 0 aliphatic rings. The molecule has 168 valence electrons. The number of hydrogen-bond acceptors (Lipinski definition) is 6. The van der Waals surface area contributed by atoms with E-state index in [2.05, 4.69) is 15.5 Å². The van der Waals surface area contributed by atoms with Crippen molar-refractivity contribution in [3.05, 3.63) is 108 Å². The van der Waals surface area contributed by atoms with E-state index >= 15 is 0 Å². The summed E-state index contributed by atoms with van der Waals surface area (Å²) >= 11 is 0. The highest BCUT2D eigenvalue weighted by atomic mass is 32.2. The van der Waals surface area contributed by atoms with Gasteiger partial charge in [0.1, 0.15) is 0 Å². The Morgan fingerprint density at radius 1 is 0.879 bits per heavy atom. The number of sulfonamides is 1. The van der Waals surface area contributed by atoms with Gasteiger partial charge in [-0.3, -0.25) is 10.1 Å². The van der Waals surface area contributed by atoms with Crippen molar-refractivity contribution < 1.29 is 17.6 Å². The fourth-order valence-corrected chi connectivity index (χ4v) is 4.36. The second-order valence-electron chi connectivity index (χ2n) is 7.39. The molecule has 4 aromatic rings. The molecule has 3 aromatic carbocycles. The van der Waals surface area contributed by atoms with Gasteiger partial charge in [-0.1, -0.05) is 65.8 Å². The highest BCUT2D eigenvalue weighted by Gasteiger charge is 2.21. The summed E-state index contributed by atoms with van der Waals surface area (Å²) in [6, 6.07) is 24.6. The third-order valence-corrected chi connectivity index (χ3v) is 6.78. The van der Waals surface area contributed by atoms with Gasteiger partial charge in [0.15, 0.2) is 0 Å². The zero-order chi connectivity index (χ0) is 23.3. The number of nitrogens with zero attached hydrogens (tertiary/aromatic N) is 3. The Kier molecular flexibility index (Phi) is 6.62. The summed E-state index contributed by atoms with van der Waals surface area (Å²) in [5.74, 6) is -0.106. The minimum Gasteiger partial charge on any atom is -0.407 e. The smallest absolute Gasteiger partial charge is 0.322 e. The predicted molar refractivity (Wildman–Crippen MR) is 123 cm³/mol. The molecule has 0 radical (unpaired) electrons. The number of amides is 1. The van der Waals surface area contributed by atoms with E-state index in [0.717, 1.165) is 11.1 Å². The first-order chi connectivity index (χ1) is 15.9. The van der Waals surface area contributed by atoms with Crippen LogP contribution in [0.2, 0.25) is 0 Å². The summed E-state index contributed by atoms with van der Waals surface area (Å²) in [7, 11) is -2.18. The zero-order valence-corrected chi connectivity index (χ0v) is 18.7. The van der Waals surface area contributed by atoms with Crippen LogP contribution in [0.5, 0.6) is 0 Å². The van der Waals surface area contributed by atoms with Crippen LogP contribution < -0.4 is 5.32 Å². The standard InChI is InChI=1S/C24H22N4O4S/c1-28(17-19-10-6-3-7-11-19)33(30,31)21-14-12-20(13-15-21)23(29)25-24-27-26-22(32-24)16-18-8-4-2-5-9-18/h2-15H,16-17H2,1H3,(H,25,27,29). The highest BCUT2D eigenvalue weighted by molar-refractivity contribution is 7.89. The quantitative estimate of drug-likeness (QED) is 0.428. The molecule has 0 bridgehead atoms. The number of nitrogens with one attached hydrogen (secondary N) is 1. The fraction of sp³-hybridized carbons (Fsp3) is 0.125. The van der Waals surface area contributed by atoms with Crippen molar-refractivity contribution in [3.63, 3.8) is 0 Å². The summed E-state index contributed by atoms with van der Waals surface area (Å²) in [5, 5.41) is 10.3. The average molecular weight is 463 g/mol. The van der Waals surface area contributed by atoms with Crippen LogP contribution in [0.4, 0.5) is 6.01 Å². The second-order valence-corrected chi connectivity index (χ2v) is 9.43. The Morgan fingerprint density at radius 2 is 1.48 bits per heavy atom. The monoisotopic (exact) mass is 462 g/mol. The van der Waals surface area contributed by atoms with E-state index in [1.54, 1.807) is 0 Å². The van der Waals surface area contributed by atoms with Crippen LogP contribution in [-0.2, 0) is 23.0 Å². The molecule has 4 rings (SSSR count). The van der Waals surface area contributed by atoms with Crippen molar-refractivity contribution >= 4 is 21.9 Å². The average Bonchev–Trinajstić information content (AvgIpc) is 3.27. The number of aromatic nitrogens is 2. The molecule has 1 amide bonds. The Hall–Kier alpha value is -3.82. The minimum atomic E-state index is -3.70. The predicted octanol–water partition coefficient (Wildman–Crippen LogP) is 3.73. The lowest BCUT2D eigenvalue weighted by Crippen LogP contribution is -2.26. The van der Waals surface area contributed by atoms with Crippen LogP contribution in [0.25, 0.3) is 0 Å². The van der Waals surface area contributed by atoms with Crippen molar-refractivity contribution in [1.29, 1.82) is 0 Å². The highest BCUT2D eigenvalue weighted by Crippen LogP contribution is 2.18. The van der Waals surface area contributed by atoms with Gasteiger partial charge in [0, 0.05) is 19.2 Å². The first-order valence-electron chi connectivity index (χ1n) is 10.2. The topological polar surface area (TPSA) is 105 Å². The zero-order valence-electron chi connectivity index (χ0n) is 17.9. The number of carbonyl (C=O) groups excluding carboxylic acids is 1. The summed E-state index contributed by atoms with van der Waals surface area (Å²) < 4.78 is 32.5. The SMILES string of the molecule is CN(Cc1ccccc1)S(=O)(=O)c1ccc(C(=O)Nc2nnc(Cc3ccccc3)o2)cc1. The van der Waals surface area contributed by atoms with Gasteiger partial charge in [0.25, 0.3) is 5.91 Å². The van der Waals surface area contributed by atoms with E-state index in [4.69, 9.17) is 4.42 Å². The van der Waals surface area contributed by atoms with Crippen LogP contribution in [-0.4, -0.2) is 35.9 Å². The fourth-order valence-electron chi connectivity index (χ4n) is 3.20. The Balaban J connectivity index is 1.40. The van der Waals surface area contributed by atoms with Gasteiger partial charge >= 0.3 is 6.01 Å². The number of carbonyl (C=O) groups is 1. The molecule has 33 heavy (non-hydrogen) atoms. The minimum absolute atomic E-state index is 0.0229. The maximum atomic E-state index is 12.9. The molecule has 1 N–H and O–H groups in total. The van der Waals surface area contributed by atoms with Crippen LogP contribution in [0.15, 0.2) is 94.2 Å². The summed E-state index contributed by atoms with van der Waals surface area (Å²) in [6.07, 6.45) is 0.451. The number of hydrogen-bond donors (Lipinski definition) is 1. The maximum absolute atomic E-state index is 12.9. The van der Waals surface area contributed by atoms with Crippen LogP contribution in [0, 0.1) is 0 Å². The second kappa shape index (κ2) is 9.76. The lowest BCUT2D eigenvalue weighted by molar-refractivity contribution is 0.102. The lowest BCUT2D eigenvalue weighted by Gasteiger charge is -2.17. The van der Waals surface area contributed by atoms with Gasteiger partial charge in [-0.15, -0.1) is 5.10 Å². The van der Waals surface area contributed by atoms with E-state index in [1.165, 1.54) is 35.6 Å². The van der Waals surface area contributed by atoms with Crippen molar-refractivity contribution in [3.8, 4) is 0 Å². The van der Waals surface area contributed by atoms with Crippen molar-refractivity contribution in [2.45, 2.75) is 17.9 Å². The number of anilines is 1. The lowest BCUT2D eigenvalue weighted by atomic mass is 10.2. The third kappa shape index (κ3) is 5.51. The van der Waals surface area contributed by atoms with Crippen molar-refractivity contribution in [2.75, 3.05) is 12.4 Å². The molecule has 0 aliphatic carbocycles. The molecule has 0 atom stereocenters. The maximum Gasteiger partial charge on any atom is 0.322 e. The van der Waals surface area contributed by atoms with Crippen LogP contribution in [0.1, 0.15) is 27.4 Å². The molecule has 0 fully saturated rings. The Bertz CT molecular complexity index is 1320. The van der Waals surface area contributed by atoms with E-state index < -0.39 is 15.9 Å². The largest absolute Gasteiger partial charge is 0.407 e. The summed E-state index contributed by atoms with van der Waals surface area (Å²) in [4.78, 5) is 12.6. The molecule has 9 heteroatoms. The molecule has 1 heterocycles. The molecule has 0 unspecified atom stereocenters. The van der Waals surface area contributed by atoms with Gasteiger partial charge in [-0.25, -0.2) is 8.42 Å². The molecule has 0 saturated carbocycles. The van der Waals surface area contributed by atoms with Gasteiger partial charge in [-0.2, -0.15) is 4.31 Å². The van der Waals surface area contributed by atoms with Crippen molar-refractivity contribution in [1.82, 2.24) is 14.5 Å². The van der Waals surface area contributed by atoms with Gasteiger partial charge in [0.05, 0.1) is 11.3 Å². The van der Waals surface area contributed by atoms with Crippen LogP contribution >= 0.6 is 0 Å². The van der Waals surface area contributed by atoms with E-state index in [1.807, 2.05) is 60.7 Å². The molecule has 8 nitrogen and oxygen atoms in total. The van der Waals surface area contributed by atoms with Crippen molar-refractivity contribution in [2.24, 2.45) is 0 Å². The van der Waals surface area contributed by atoms with E-state index in [-0.39, 0.29) is 23.0 Å². The molecule has 0 aliphatic heterocycles. The first-order valence-corrected chi connectivity index (χ1v) is 11.6. The molecule has 0 saturated heterocycles. The Morgan fingerprint density at radius 3 is 2.12 bits per heavy atom. The van der Waals surface area contributed by atoms with Gasteiger partial charge in [-0.05, 0) is 35.4 Å². The van der Waals surface area contributed by atoms with Crippen LogP contribution in [0.3, 0.4) is 0 Å². The molecular weight excluding hydrogens is 440 g/mol. The number of rotatable bonds is 8. The van der Waals surface area contributed by atoms with Gasteiger partial charge < -0.3 is 4.42 Å². The van der Waals surface area contributed by atoms with Gasteiger partial charge in [0.2, 0.25) is 15.9 Å². The normalized spacial score (nSPS) is 11.5. The summed E-state index contributed by atoms with van der Waals surface area (Å²) in [6.45, 7) is 0.244. The Labute approximate surface area is 191 Å². The number of benzene rings is 3. The molecule has 0 spiro atoms. The summed E-state index contributed by atoms with van der Waals surface area (Å²) in [5.41, 5.74) is 2.15. The molecular formula is C24H22N4O4S. The third-order valence-electron chi connectivity index (χ3n) is 4.96. The van der Waals surface area contributed by atoms with E-state index in [9.17, 15) is 13.2 Å². The first kappa shape index (κ1) is 22.4.